The number of nitrogens with one attached hydrogen (secondary N) is 1. The van der Waals surface area contributed by atoms with Crippen molar-refractivity contribution < 1.29 is 0 Å². The maximum absolute atomic E-state index is 3.52. The number of unbranched alkanes of at least 4 members (excludes halogenated alkanes) is 3. The minimum atomic E-state index is 0. The summed E-state index contributed by atoms with van der Waals surface area (Å²) in [6.45, 7) is 4.71. The van der Waals surface area contributed by atoms with Gasteiger partial charge in [-0.2, -0.15) is 0 Å². The Bertz CT molecular complexity index is 400. The van der Waals surface area contributed by atoms with Crippen molar-refractivity contribution in [1.29, 1.82) is 0 Å². The van der Waals surface area contributed by atoms with E-state index in [0.717, 1.165) is 5.92 Å². The van der Waals surface area contributed by atoms with E-state index in [-0.39, 0.29) is 12.4 Å². The van der Waals surface area contributed by atoms with Crippen LogP contribution in [0.4, 0.5) is 0 Å². The highest BCUT2D eigenvalue weighted by molar-refractivity contribution is 5.85. The molecule has 1 heterocycles. The number of hydrogen-bond acceptors (Lipinski definition) is 1. The summed E-state index contributed by atoms with van der Waals surface area (Å²) in [7, 11) is 0. The second kappa shape index (κ2) is 6.28. The van der Waals surface area contributed by atoms with Gasteiger partial charge in [-0.05, 0) is 42.9 Å². The summed E-state index contributed by atoms with van der Waals surface area (Å²) < 4.78 is 0. The molecule has 0 spiro atoms. The average molecular weight is 280 g/mol. The summed E-state index contributed by atoms with van der Waals surface area (Å²) in [5, 5.41) is 3.52. The first-order valence-corrected chi connectivity index (χ1v) is 7.65. The van der Waals surface area contributed by atoms with Gasteiger partial charge in [-0.3, -0.25) is 0 Å². The second-order valence-corrected chi connectivity index (χ2v) is 6.20. The number of piperidine rings is 1. The zero-order valence-corrected chi connectivity index (χ0v) is 12.8. The van der Waals surface area contributed by atoms with Gasteiger partial charge in [0.05, 0.1) is 0 Å². The minimum Gasteiger partial charge on any atom is -0.316 e. The van der Waals surface area contributed by atoms with Crippen LogP contribution in [0.25, 0.3) is 0 Å². The van der Waals surface area contributed by atoms with Crippen molar-refractivity contribution >= 4 is 12.4 Å². The van der Waals surface area contributed by atoms with Crippen molar-refractivity contribution in [3.8, 4) is 0 Å². The van der Waals surface area contributed by atoms with Crippen LogP contribution in [-0.4, -0.2) is 13.1 Å². The smallest absolute Gasteiger partial charge is 0.0122 e. The number of hydrogen-bond donors (Lipinski definition) is 1. The molecular weight excluding hydrogens is 254 g/mol. The van der Waals surface area contributed by atoms with Crippen LogP contribution in [0.5, 0.6) is 0 Å². The predicted octanol–water partition coefficient (Wildman–Crippen LogP) is 4.09. The van der Waals surface area contributed by atoms with Gasteiger partial charge in [-0.25, -0.2) is 0 Å². The molecular formula is C17H26ClN. The van der Waals surface area contributed by atoms with E-state index in [9.17, 15) is 0 Å². The highest BCUT2D eigenvalue weighted by Crippen LogP contribution is 2.56. The second-order valence-electron chi connectivity index (χ2n) is 6.20. The van der Waals surface area contributed by atoms with Crippen molar-refractivity contribution in [1.82, 2.24) is 5.32 Å². The van der Waals surface area contributed by atoms with Crippen LogP contribution in [0.3, 0.4) is 0 Å². The average Bonchev–Trinajstić information content (AvgIpc) is 2.98. The third-order valence-corrected chi connectivity index (χ3v) is 4.91. The molecule has 0 amide bonds. The van der Waals surface area contributed by atoms with Crippen LogP contribution < -0.4 is 5.32 Å². The Morgan fingerprint density at radius 1 is 1.16 bits per heavy atom. The minimum absolute atomic E-state index is 0. The summed E-state index contributed by atoms with van der Waals surface area (Å²) in [5.74, 6) is 0.924. The largest absolute Gasteiger partial charge is 0.316 e. The molecule has 0 aromatic heterocycles. The van der Waals surface area contributed by atoms with Gasteiger partial charge in [0, 0.05) is 12.0 Å². The van der Waals surface area contributed by atoms with Crippen molar-refractivity contribution in [2.24, 2.45) is 5.92 Å². The molecule has 0 bridgehead atoms. The van der Waals surface area contributed by atoms with E-state index in [1.807, 2.05) is 0 Å². The lowest BCUT2D eigenvalue weighted by molar-refractivity contribution is 0.664. The summed E-state index contributed by atoms with van der Waals surface area (Å²) >= 11 is 0. The lowest BCUT2D eigenvalue weighted by Gasteiger charge is -2.12. The lowest BCUT2D eigenvalue weighted by Crippen LogP contribution is -2.19. The Kier molecular flexibility index (Phi) is 4.92. The normalized spacial score (nSPS) is 27.7. The van der Waals surface area contributed by atoms with Crippen LogP contribution in [0.1, 0.15) is 50.2 Å². The summed E-state index contributed by atoms with van der Waals surface area (Å²) in [4.78, 5) is 0. The third kappa shape index (κ3) is 2.98. The first kappa shape index (κ1) is 14.9. The molecule has 0 radical (unpaired) electrons. The van der Waals surface area contributed by atoms with E-state index in [0.29, 0.717) is 5.41 Å². The molecule has 2 unspecified atom stereocenters. The molecule has 1 saturated carbocycles. The van der Waals surface area contributed by atoms with E-state index in [1.165, 1.54) is 57.2 Å². The van der Waals surface area contributed by atoms with E-state index in [2.05, 4.69) is 36.5 Å². The van der Waals surface area contributed by atoms with Crippen molar-refractivity contribution in [3.63, 3.8) is 0 Å². The summed E-state index contributed by atoms with van der Waals surface area (Å²) in [5.41, 5.74) is 3.63. The third-order valence-electron chi connectivity index (χ3n) is 4.91. The molecule has 1 aromatic carbocycles. The Morgan fingerprint density at radius 3 is 2.53 bits per heavy atom. The molecule has 1 nitrogen and oxygen atoms in total. The topological polar surface area (TPSA) is 12.0 Å². The van der Waals surface area contributed by atoms with E-state index in [1.54, 1.807) is 5.56 Å². The summed E-state index contributed by atoms with van der Waals surface area (Å²) in [6, 6.07) is 9.51. The SMILES string of the molecule is CCCCCCc1ccc(C23CNCC2C3)cc1.Cl. The van der Waals surface area contributed by atoms with Gasteiger partial charge in [0.25, 0.3) is 0 Å². The number of halogens is 1. The van der Waals surface area contributed by atoms with E-state index in [4.69, 9.17) is 0 Å². The summed E-state index contributed by atoms with van der Waals surface area (Å²) in [6.07, 6.45) is 8.12. The van der Waals surface area contributed by atoms with Gasteiger partial charge in [0.2, 0.25) is 0 Å². The van der Waals surface area contributed by atoms with Gasteiger partial charge in [-0.15, -0.1) is 12.4 Å². The monoisotopic (exact) mass is 279 g/mol. The van der Waals surface area contributed by atoms with Crippen molar-refractivity contribution in [2.75, 3.05) is 13.1 Å². The lowest BCUT2D eigenvalue weighted by atomic mass is 9.93. The van der Waals surface area contributed by atoms with Crippen molar-refractivity contribution in [2.45, 2.75) is 50.9 Å². The van der Waals surface area contributed by atoms with Crippen LogP contribution in [0.2, 0.25) is 0 Å². The Morgan fingerprint density at radius 2 is 1.95 bits per heavy atom. The fraction of sp³-hybridized carbons (Fsp3) is 0.647. The molecule has 1 N–H and O–H groups in total. The van der Waals surface area contributed by atoms with Gasteiger partial charge in [-0.1, -0.05) is 50.5 Å². The first-order chi connectivity index (χ1) is 8.85. The number of aryl methyl sites for hydroxylation is 1. The highest BCUT2D eigenvalue weighted by Gasteiger charge is 2.57. The maximum Gasteiger partial charge on any atom is 0.0122 e. The van der Waals surface area contributed by atoms with E-state index >= 15 is 0 Å². The molecule has 2 heteroatoms. The standard InChI is InChI=1S/C17H25N.ClH/c1-2-3-4-5-6-14-7-9-15(10-8-14)17-11-16(17)12-18-13-17;/h7-10,16,18H,2-6,11-13H2,1H3;1H. The van der Waals surface area contributed by atoms with Gasteiger partial charge >= 0.3 is 0 Å². The van der Waals surface area contributed by atoms with Crippen LogP contribution in [0.15, 0.2) is 24.3 Å². The van der Waals surface area contributed by atoms with Crippen LogP contribution >= 0.6 is 12.4 Å². The Labute approximate surface area is 123 Å². The fourth-order valence-corrected chi connectivity index (χ4v) is 3.55. The number of benzene rings is 1. The number of rotatable bonds is 6. The van der Waals surface area contributed by atoms with Gasteiger partial charge in [0.1, 0.15) is 0 Å². The quantitative estimate of drug-likeness (QED) is 0.774. The molecule has 19 heavy (non-hydrogen) atoms. The Hall–Kier alpha value is -0.530. The van der Waals surface area contributed by atoms with Gasteiger partial charge in [0.15, 0.2) is 0 Å². The molecule has 1 saturated heterocycles. The maximum atomic E-state index is 3.52. The zero-order valence-electron chi connectivity index (χ0n) is 12.0. The molecule has 2 aliphatic rings. The Balaban J connectivity index is 0.00000133. The molecule has 2 fully saturated rings. The molecule has 3 rings (SSSR count). The van der Waals surface area contributed by atoms with Crippen LogP contribution in [-0.2, 0) is 11.8 Å². The highest BCUT2D eigenvalue weighted by atomic mass is 35.5. The molecule has 1 aliphatic heterocycles. The van der Waals surface area contributed by atoms with Crippen LogP contribution in [0, 0.1) is 5.92 Å². The molecule has 1 aromatic rings. The zero-order chi connectivity index (χ0) is 12.4. The molecule has 106 valence electrons. The van der Waals surface area contributed by atoms with Crippen molar-refractivity contribution in [3.05, 3.63) is 35.4 Å². The first-order valence-electron chi connectivity index (χ1n) is 7.65. The molecule has 2 atom stereocenters. The fourth-order valence-electron chi connectivity index (χ4n) is 3.55. The van der Waals surface area contributed by atoms with Gasteiger partial charge < -0.3 is 5.32 Å². The number of fused-ring (bicyclic) bond motifs is 1. The van der Waals surface area contributed by atoms with E-state index < -0.39 is 0 Å². The predicted molar refractivity (Wildman–Crippen MR) is 84.2 cm³/mol. The molecule has 1 aliphatic carbocycles.